The first kappa shape index (κ1) is 17.5. The van der Waals surface area contributed by atoms with Gasteiger partial charge in [0.1, 0.15) is 39.3 Å². The van der Waals surface area contributed by atoms with Crippen LogP contribution in [0.5, 0.6) is 17.2 Å². The second kappa shape index (κ2) is 8.18. The Hall–Kier alpha value is -2.31. The molecule has 0 atom stereocenters. The minimum Gasteiger partial charge on any atom is -0.502 e. The first-order valence-corrected chi connectivity index (χ1v) is 8.69. The van der Waals surface area contributed by atoms with Crippen LogP contribution in [-0.4, -0.2) is 50.5 Å². The Kier molecular flexibility index (Phi) is 5.73. The van der Waals surface area contributed by atoms with Crippen LogP contribution in [0.1, 0.15) is 11.1 Å². The van der Waals surface area contributed by atoms with E-state index in [0.29, 0.717) is 11.5 Å². The van der Waals surface area contributed by atoms with Crippen molar-refractivity contribution in [3.63, 3.8) is 0 Å². The first-order chi connectivity index (χ1) is 12.2. The third-order valence-electron chi connectivity index (χ3n) is 4.86. The Morgan fingerprint density at radius 3 is 1.84 bits per heavy atom. The number of ether oxygens (including phenoxy) is 2. The topological polar surface area (TPSA) is 60.5 Å². The lowest BCUT2D eigenvalue weighted by atomic mass is 10.1. The number of methoxy groups -OCH3 is 2. The van der Waals surface area contributed by atoms with Gasteiger partial charge < -0.3 is 24.4 Å². The summed E-state index contributed by atoms with van der Waals surface area (Å²) < 4.78 is 10.5. The van der Waals surface area contributed by atoms with E-state index >= 15 is 0 Å². The molecule has 3 N–H and O–H groups in total. The fourth-order valence-corrected chi connectivity index (χ4v) is 3.44. The van der Waals surface area contributed by atoms with Gasteiger partial charge >= 0.3 is 0 Å². The second-order valence-corrected chi connectivity index (χ2v) is 6.56. The van der Waals surface area contributed by atoms with Crippen LogP contribution in [0.4, 0.5) is 0 Å². The van der Waals surface area contributed by atoms with Crippen LogP contribution in [0.25, 0.3) is 0 Å². The average molecular weight is 345 g/mol. The summed E-state index contributed by atoms with van der Waals surface area (Å²) in [6, 6.07) is 8.00. The number of hydrogen-bond donors (Lipinski definition) is 3. The maximum absolute atomic E-state index is 10.0. The number of hydrogen-bond acceptors (Lipinski definition) is 4. The van der Waals surface area contributed by atoms with E-state index < -0.39 is 0 Å². The monoisotopic (exact) mass is 345 g/mol. The third-order valence-corrected chi connectivity index (χ3v) is 4.86. The maximum atomic E-state index is 10.0. The van der Waals surface area contributed by atoms with Gasteiger partial charge in [0.25, 0.3) is 0 Å². The molecule has 2 heterocycles. The smallest absolute Gasteiger partial charge is 0.200 e. The summed E-state index contributed by atoms with van der Waals surface area (Å²) in [5, 5.41) is 10.0. The Morgan fingerprint density at radius 2 is 1.36 bits per heavy atom. The first-order valence-electron chi connectivity index (χ1n) is 8.69. The lowest BCUT2D eigenvalue weighted by molar-refractivity contribution is -1.02. The van der Waals surface area contributed by atoms with Gasteiger partial charge in [0, 0.05) is 23.5 Å². The molecular formula is C19H27N3O3+2. The molecule has 0 spiro atoms. The Morgan fingerprint density at radius 1 is 0.880 bits per heavy atom. The number of phenolic OH excluding ortho intramolecular Hbond substituents is 1. The minimum atomic E-state index is 0.0652. The van der Waals surface area contributed by atoms with Crippen LogP contribution in [0.15, 0.2) is 36.7 Å². The number of nitrogens with zero attached hydrogens (tertiary/aromatic N) is 1. The predicted molar refractivity (Wildman–Crippen MR) is 94.2 cm³/mol. The summed E-state index contributed by atoms with van der Waals surface area (Å²) in [5.41, 5.74) is 2.47. The number of aromatic hydroxyl groups is 1. The summed E-state index contributed by atoms with van der Waals surface area (Å²) in [6.45, 7) is 6.55. The van der Waals surface area contributed by atoms with E-state index in [-0.39, 0.29) is 5.75 Å². The molecule has 0 saturated carbocycles. The van der Waals surface area contributed by atoms with Gasteiger partial charge in [-0.2, -0.15) is 0 Å². The summed E-state index contributed by atoms with van der Waals surface area (Å²) in [5.74, 6) is 1.00. The molecule has 6 nitrogen and oxygen atoms in total. The van der Waals surface area contributed by atoms with Crippen LogP contribution in [0, 0.1) is 0 Å². The third kappa shape index (κ3) is 4.41. The van der Waals surface area contributed by atoms with E-state index in [2.05, 4.69) is 17.1 Å². The van der Waals surface area contributed by atoms with Crippen LogP contribution in [-0.2, 0) is 13.1 Å². The Bertz CT molecular complexity index is 661. The van der Waals surface area contributed by atoms with Crippen molar-refractivity contribution in [1.82, 2.24) is 4.98 Å². The molecule has 1 aliphatic rings. The van der Waals surface area contributed by atoms with Gasteiger partial charge in [0.05, 0.1) is 14.2 Å². The van der Waals surface area contributed by atoms with Crippen molar-refractivity contribution in [2.24, 2.45) is 0 Å². The van der Waals surface area contributed by atoms with E-state index in [1.807, 2.05) is 24.5 Å². The van der Waals surface area contributed by atoms with Gasteiger partial charge in [-0.15, -0.1) is 0 Å². The van der Waals surface area contributed by atoms with Crippen LogP contribution >= 0.6 is 0 Å². The molecular weight excluding hydrogens is 318 g/mol. The zero-order valence-electron chi connectivity index (χ0n) is 14.9. The molecule has 25 heavy (non-hydrogen) atoms. The molecule has 3 rings (SSSR count). The van der Waals surface area contributed by atoms with Gasteiger partial charge in [-0.05, 0) is 24.3 Å². The van der Waals surface area contributed by atoms with Crippen molar-refractivity contribution in [2.45, 2.75) is 13.1 Å². The number of pyridine rings is 1. The summed E-state index contributed by atoms with van der Waals surface area (Å²) in [6.07, 6.45) is 3.73. The van der Waals surface area contributed by atoms with E-state index in [1.54, 1.807) is 24.0 Å². The quantitative estimate of drug-likeness (QED) is 0.647. The average Bonchev–Trinajstić information content (AvgIpc) is 2.65. The normalized spacial score (nSPS) is 20.2. The molecule has 2 aromatic rings. The van der Waals surface area contributed by atoms with Crippen molar-refractivity contribution in [3.05, 3.63) is 47.8 Å². The fraction of sp³-hybridized carbons (Fsp3) is 0.421. The lowest BCUT2D eigenvalue weighted by Crippen LogP contribution is -3.27. The van der Waals surface area contributed by atoms with E-state index in [1.165, 1.54) is 5.56 Å². The number of quaternary nitrogens is 2. The number of piperazine rings is 1. The molecule has 1 aromatic carbocycles. The molecule has 0 aliphatic carbocycles. The standard InChI is InChI=1S/C19H25N3O3/c1-24-17-11-16(12-18(25-2)19(17)23)14-22-9-7-21(8-10-22)13-15-3-5-20-6-4-15/h3-6,11-12,23H,7-10,13-14H2,1-2H3/p+2. The molecule has 6 heteroatoms. The molecule has 0 bridgehead atoms. The largest absolute Gasteiger partial charge is 0.502 e. The van der Waals surface area contributed by atoms with Gasteiger partial charge in [-0.1, -0.05) is 0 Å². The minimum absolute atomic E-state index is 0.0652. The van der Waals surface area contributed by atoms with Crippen molar-refractivity contribution in [2.75, 3.05) is 40.4 Å². The van der Waals surface area contributed by atoms with Gasteiger partial charge in [0.15, 0.2) is 11.5 Å². The summed E-state index contributed by atoms with van der Waals surface area (Å²) in [7, 11) is 3.12. The number of aromatic nitrogens is 1. The Balaban J connectivity index is 1.57. The van der Waals surface area contributed by atoms with E-state index in [4.69, 9.17) is 9.47 Å². The molecule has 0 radical (unpaired) electrons. The number of phenols is 1. The lowest BCUT2D eigenvalue weighted by Gasteiger charge is -2.30. The molecule has 1 aromatic heterocycles. The number of benzene rings is 1. The van der Waals surface area contributed by atoms with Gasteiger partial charge in [-0.3, -0.25) is 4.98 Å². The van der Waals surface area contributed by atoms with E-state index in [9.17, 15) is 5.11 Å². The number of nitrogens with one attached hydrogen (secondary N) is 2. The number of rotatable bonds is 6. The highest BCUT2D eigenvalue weighted by atomic mass is 16.5. The molecule has 1 saturated heterocycles. The SMILES string of the molecule is COc1cc(C[NH+]2CC[NH+](Cc3ccncc3)CC2)cc(OC)c1O. The highest BCUT2D eigenvalue weighted by Crippen LogP contribution is 2.36. The van der Waals surface area contributed by atoms with Crippen molar-refractivity contribution < 1.29 is 24.4 Å². The second-order valence-electron chi connectivity index (χ2n) is 6.56. The van der Waals surface area contributed by atoms with Crippen molar-refractivity contribution in [3.8, 4) is 17.2 Å². The molecule has 1 aliphatic heterocycles. The van der Waals surface area contributed by atoms with Gasteiger partial charge in [0.2, 0.25) is 5.75 Å². The van der Waals surface area contributed by atoms with Crippen LogP contribution < -0.4 is 19.3 Å². The van der Waals surface area contributed by atoms with Crippen LogP contribution in [0.3, 0.4) is 0 Å². The highest BCUT2D eigenvalue weighted by Gasteiger charge is 2.24. The van der Waals surface area contributed by atoms with Crippen molar-refractivity contribution >= 4 is 0 Å². The van der Waals surface area contributed by atoms with Crippen LogP contribution in [0.2, 0.25) is 0 Å². The summed E-state index contributed by atoms with van der Waals surface area (Å²) in [4.78, 5) is 7.25. The Labute approximate surface area is 148 Å². The zero-order chi connectivity index (χ0) is 17.6. The van der Waals surface area contributed by atoms with Crippen molar-refractivity contribution in [1.29, 1.82) is 0 Å². The van der Waals surface area contributed by atoms with Gasteiger partial charge in [-0.25, -0.2) is 0 Å². The fourth-order valence-electron chi connectivity index (χ4n) is 3.44. The maximum Gasteiger partial charge on any atom is 0.200 e. The molecule has 0 unspecified atom stereocenters. The highest BCUT2D eigenvalue weighted by molar-refractivity contribution is 5.52. The van der Waals surface area contributed by atoms with E-state index in [0.717, 1.165) is 44.8 Å². The zero-order valence-corrected chi connectivity index (χ0v) is 14.9. The molecule has 1 fully saturated rings. The molecule has 134 valence electrons. The molecule has 0 amide bonds. The predicted octanol–water partition coefficient (Wildman–Crippen LogP) is -0.712. The summed E-state index contributed by atoms with van der Waals surface area (Å²) >= 11 is 0.